The van der Waals surface area contributed by atoms with Gasteiger partial charge in [-0.3, -0.25) is 9.59 Å². The second-order valence-electron chi connectivity index (χ2n) is 5.64. The van der Waals surface area contributed by atoms with Crippen molar-refractivity contribution in [1.29, 1.82) is 0 Å². The zero-order chi connectivity index (χ0) is 14.8. The SMILES string of the molecule is CC(=O)N1CCN(c2ccc(C(=O)NC3CC3)nc2)CC1. The van der Waals surface area contributed by atoms with E-state index in [0.29, 0.717) is 11.7 Å². The lowest BCUT2D eigenvalue weighted by molar-refractivity contribution is -0.129. The number of carbonyl (C=O) groups excluding carboxylic acids is 2. The monoisotopic (exact) mass is 288 g/mol. The van der Waals surface area contributed by atoms with E-state index in [2.05, 4.69) is 15.2 Å². The second-order valence-corrected chi connectivity index (χ2v) is 5.64. The second kappa shape index (κ2) is 5.71. The van der Waals surface area contributed by atoms with Crippen molar-refractivity contribution >= 4 is 17.5 Å². The molecule has 6 nitrogen and oxygen atoms in total. The fourth-order valence-electron chi connectivity index (χ4n) is 2.47. The number of nitrogens with zero attached hydrogens (tertiary/aromatic N) is 3. The Morgan fingerprint density at radius 2 is 1.90 bits per heavy atom. The fraction of sp³-hybridized carbons (Fsp3) is 0.533. The Morgan fingerprint density at radius 3 is 2.43 bits per heavy atom. The van der Waals surface area contributed by atoms with Crippen LogP contribution < -0.4 is 10.2 Å². The largest absolute Gasteiger partial charge is 0.367 e. The number of nitrogens with one attached hydrogen (secondary N) is 1. The van der Waals surface area contributed by atoms with Crippen LogP contribution in [0.1, 0.15) is 30.3 Å². The molecule has 0 radical (unpaired) electrons. The van der Waals surface area contributed by atoms with E-state index in [-0.39, 0.29) is 11.8 Å². The van der Waals surface area contributed by atoms with Gasteiger partial charge in [-0.2, -0.15) is 0 Å². The molecule has 112 valence electrons. The Balaban J connectivity index is 1.59. The molecular weight excluding hydrogens is 268 g/mol. The highest BCUT2D eigenvalue weighted by Gasteiger charge is 2.24. The molecule has 2 amide bonds. The number of hydrogen-bond donors (Lipinski definition) is 1. The Bertz CT molecular complexity index is 531. The van der Waals surface area contributed by atoms with Gasteiger partial charge in [0.2, 0.25) is 5.91 Å². The van der Waals surface area contributed by atoms with E-state index < -0.39 is 0 Å². The van der Waals surface area contributed by atoms with Crippen LogP contribution in [0.5, 0.6) is 0 Å². The maximum Gasteiger partial charge on any atom is 0.270 e. The van der Waals surface area contributed by atoms with Crippen molar-refractivity contribution in [3.8, 4) is 0 Å². The first-order valence-electron chi connectivity index (χ1n) is 7.41. The number of carbonyl (C=O) groups is 2. The van der Waals surface area contributed by atoms with E-state index in [1.165, 1.54) is 0 Å². The van der Waals surface area contributed by atoms with Crippen LogP contribution in [0.15, 0.2) is 18.3 Å². The number of anilines is 1. The molecule has 1 aromatic heterocycles. The van der Waals surface area contributed by atoms with Crippen molar-refractivity contribution < 1.29 is 9.59 Å². The van der Waals surface area contributed by atoms with E-state index in [1.807, 2.05) is 11.0 Å². The molecule has 3 rings (SSSR count). The standard InChI is InChI=1S/C15H20N4O2/c1-11(20)18-6-8-19(9-7-18)13-4-5-14(16-10-13)15(21)17-12-2-3-12/h4-5,10,12H,2-3,6-9H2,1H3,(H,17,21). The molecule has 1 aliphatic heterocycles. The van der Waals surface area contributed by atoms with E-state index in [1.54, 1.807) is 19.2 Å². The van der Waals surface area contributed by atoms with Gasteiger partial charge in [0.25, 0.3) is 5.91 Å². The molecule has 0 unspecified atom stereocenters. The number of rotatable bonds is 3. The minimum absolute atomic E-state index is 0.0922. The van der Waals surface area contributed by atoms with Gasteiger partial charge in [0.1, 0.15) is 5.69 Å². The van der Waals surface area contributed by atoms with Gasteiger partial charge in [0.05, 0.1) is 11.9 Å². The highest BCUT2D eigenvalue weighted by Crippen LogP contribution is 2.20. The summed E-state index contributed by atoms with van der Waals surface area (Å²) in [5.41, 5.74) is 1.47. The summed E-state index contributed by atoms with van der Waals surface area (Å²) >= 11 is 0. The lowest BCUT2D eigenvalue weighted by Gasteiger charge is -2.35. The highest BCUT2D eigenvalue weighted by molar-refractivity contribution is 5.92. The third-order valence-corrected chi connectivity index (χ3v) is 3.98. The molecule has 1 aromatic rings. The van der Waals surface area contributed by atoms with Crippen molar-refractivity contribution in [2.45, 2.75) is 25.8 Å². The van der Waals surface area contributed by atoms with Crippen molar-refractivity contribution in [2.75, 3.05) is 31.1 Å². The number of amides is 2. The molecule has 1 aliphatic carbocycles. The summed E-state index contributed by atoms with van der Waals surface area (Å²) in [5, 5.41) is 2.93. The summed E-state index contributed by atoms with van der Waals surface area (Å²) in [6.07, 6.45) is 3.89. The maximum absolute atomic E-state index is 11.9. The Hall–Kier alpha value is -2.11. The zero-order valence-electron chi connectivity index (χ0n) is 12.2. The van der Waals surface area contributed by atoms with E-state index in [4.69, 9.17) is 0 Å². The number of aromatic nitrogens is 1. The minimum atomic E-state index is -0.0922. The van der Waals surface area contributed by atoms with Crippen LogP contribution in [-0.4, -0.2) is 53.9 Å². The molecule has 0 aromatic carbocycles. The molecule has 2 fully saturated rings. The summed E-state index contributed by atoms with van der Waals surface area (Å²) in [5.74, 6) is 0.0327. The van der Waals surface area contributed by atoms with Gasteiger partial charge in [-0.15, -0.1) is 0 Å². The summed E-state index contributed by atoms with van der Waals surface area (Å²) in [7, 11) is 0. The Morgan fingerprint density at radius 1 is 1.19 bits per heavy atom. The molecule has 21 heavy (non-hydrogen) atoms. The lowest BCUT2D eigenvalue weighted by Crippen LogP contribution is -2.48. The van der Waals surface area contributed by atoms with Gasteiger partial charge in [-0.1, -0.05) is 0 Å². The van der Waals surface area contributed by atoms with Crippen LogP contribution in [0.4, 0.5) is 5.69 Å². The topological polar surface area (TPSA) is 65.5 Å². The quantitative estimate of drug-likeness (QED) is 0.886. The van der Waals surface area contributed by atoms with Crippen LogP contribution in [0.3, 0.4) is 0 Å². The number of hydrogen-bond acceptors (Lipinski definition) is 4. The molecule has 1 N–H and O–H groups in total. The molecular formula is C15H20N4O2. The zero-order valence-corrected chi connectivity index (χ0v) is 12.2. The average Bonchev–Trinajstić information content (AvgIpc) is 3.31. The third kappa shape index (κ3) is 3.32. The predicted molar refractivity (Wildman–Crippen MR) is 79.2 cm³/mol. The average molecular weight is 288 g/mol. The van der Waals surface area contributed by atoms with Crippen LogP contribution in [0, 0.1) is 0 Å². The van der Waals surface area contributed by atoms with Crippen molar-refractivity contribution in [1.82, 2.24) is 15.2 Å². The van der Waals surface area contributed by atoms with Crippen molar-refractivity contribution in [2.24, 2.45) is 0 Å². The third-order valence-electron chi connectivity index (χ3n) is 3.98. The number of piperazine rings is 1. The van der Waals surface area contributed by atoms with E-state index in [0.717, 1.165) is 44.7 Å². The van der Waals surface area contributed by atoms with Crippen molar-refractivity contribution in [3.05, 3.63) is 24.0 Å². The minimum Gasteiger partial charge on any atom is -0.367 e. The molecule has 0 spiro atoms. The van der Waals surface area contributed by atoms with Crippen LogP contribution >= 0.6 is 0 Å². The molecule has 0 atom stereocenters. The first kappa shape index (κ1) is 13.9. The normalized spacial score (nSPS) is 18.5. The van der Waals surface area contributed by atoms with Crippen LogP contribution in [0.25, 0.3) is 0 Å². The fourth-order valence-corrected chi connectivity index (χ4v) is 2.47. The summed E-state index contributed by atoms with van der Waals surface area (Å²) in [4.78, 5) is 31.5. The molecule has 6 heteroatoms. The molecule has 2 aliphatic rings. The number of pyridine rings is 1. The predicted octanol–water partition coefficient (Wildman–Crippen LogP) is 0.642. The summed E-state index contributed by atoms with van der Waals surface area (Å²) in [6.45, 7) is 4.67. The van der Waals surface area contributed by atoms with Crippen molar-refractivity contribution in [3.63, 3.8) is 0 Å². The Labute approximate surface area is 124 Å². The highest BCUT2D eigenvalue weighted by atomic mass is 16.2. The van der Waals surface area contributed by atoms with E-state index in [9.17, 15) is 9.59 Å². The van der Waals surface area contributed by atoms with Gasteiger partial charge in [-0.25, -0.2) is 4.98 Å². The first-order valence-corrected chi connectivity index (χ1v) is 7.41. The first-order chi connectivity index (χ1) is 10.1. The van der Waals surface area contributed by atoms with Gasteiger partial charge in [0, 0.05) is 39.1 Å². The lowest BCUT2D eigenvalue weighted by atomic mass is 10.2. The van der Waals surface area contributed by atoms with Crippen LogP contribution in [-0.2, 0) is 4.79 Å². The smallest absolute Gasteiger partial charge is 0.270 e. The summed E-state index contributed by atoms with van der Waals surface area (Å²) < 4.78 is 0. The summed E-state index contributed by atoms with van der Waals surface area (Å²) in [6, 6.07) is 4.04. The maximum atomic E-state index is 11.9. The Kier molecular flexibility index (Phi) is 3.77. The molecule has 1 saturated carbocycles. The van der Waals surface area contributed by atoms with Gasteiger partial charge in [0.15, 0.2) is 0 Å². The molecule has 0 bridgehead atoms. The molecule has 1 saturated heterocycles. The van der Waals surface area contributed by atoms with Gasteiger partial charge >= 0.3 is 0 Å². The van der Waals surface area contributed by atoms with E-state index >= 15 is 0 Å². The van der Waals surface area contributed by atoms with Crippen LogP contribution in [0.2, 0.25) is 0 Å². The van der Waals surface area contributed by atoms with Gasteiger partial charge in [-0.05, 0) is 25.0 Å². The van der Waals surface area contributed by atoms with Gasteiger partial charge < -0.3 is 15.1 Å². The molecule has 2 heterocycles.